The average molecular weight is 336 g/mol. The summed E-state index contributed by atoms with van der Waals surface area (Å²) in [5, 5.41) is 1.98. The summed E-state index contributed by atoms with van der Waals surface area (Å²) in [4.78, 5) is 22.5. The van der Waals surface area contributed by atoms with Gasteiger partial charge in [0.05, 0.1) is 12.3 Å². The van der Waals surface area contributed by atoms with Gasteiger partial charge in [-0.1, -0.05) is 0 Å². The molecule has 2 aromatic heterocycles. The molecule has 0 bridgehead atoms. The van der Waals surface area contributed by atoms with Gasteiger partial charge in [-0.3, -0.25) is 19.0 Å². The zero-order chi connectivity index (χ0) is 16.4. The number of hydrogen-bond acceptors (Lipinski definition) is 6. The molecule has 1 aliphatic heterocycles. The van der Waals surface area contributed by atoms with Gasteiger partial charge in [-0.25, -0.2) is 4.98 Å². The Morgan fingerprint density at radius 1 is 1.43 bits per heavy atom. The molecule has 6 nitrogen and oxygen atoms in total. The number of thiazole rings is 1. The van der Waals surface area contributed by atoms with Gasteiger partial charge in [0, 0.05) is 63.0 Å². The zero-order valence-corrected chi connectivity index (χ0v) is 14.8. The molecule has 1 unspecified atom stereocenters. The first-order valence-corrected chi connectivity index (χ1v) is 8.88. The lowest BCUT2D eigenvalue weighted by Gasteiger charge is -2.39. The van der Waals surface area contributed by atoms with Crippen LogP contribution in [-0.4, -0.2) is 65.1 Å². The molecule has 0 aliphatic carbocycles. The van der Waals surface area contributed by atoms with Crippen molar-refractivity contribution in [2.45, 2.75) is 26.4 Å². The second-order valence-electron chi connectivity index (χ2n) is 6.19. The SMILES string of the molecule is COCCN1CCN(Cc2cc(=O)n3c(C)csc3n2)CC1C. The quantitative estimate of drug-likeness (QED) is 0.822. The summed E-state index contributed by atoms with van der Waals surface area (Å²) >= 11 is 1.53. The van der Waals surface area contributed by atoms with Crippen LogP contribution in [0.25, 0.3) is 4.96 Å². The maximum Gasteiger partial charge on any atom is 0.259 e. The summed E-state index contributed by atoms with van der Waals surface area (Å²) in [6.07, 6.45) is 0. The van der Waals surface area contributed by atoms with Crippen LogP contribution in [-0.2, 0) is 11.3 Å². The Balaban J connectivity index is 1.67. The number of nitrogens with zero attached hydrogens (tertiary/aromatic N) is 4. The van der Waals surface area contributed by atoms with E-state index in [-0.39, 0.29) is 5.56 Å². The monoisotopic (exact) mass is 336 g/mol. The van der Waals surface area contributed by atoms with Crippen LogP contribution in [0.2, 0.25) is 0 Å². The van der Waals surface area contributed by atoms with E-state index < -0.39 is 0 Å². The number of piperazine rings is 1. The van der Waals surface area contributed by atoms with Gasteiger partial charge in [0.1, 0.15) is 0 Å². The average Bonchev–Trinajstić information content (AvgIpc) is 2.88. The van der Waals surface area contributed by atoms with Gasteiger partial charge >= 0.3 is 0 Å². The summed E-state index contributed by atoms with van der Waals surface area (Å²) in [6, 6.07) is 2.17. The van der Waals surface area contributed by atoms with Crippen LogP contribution in [0.1, 0.15) is 18.3 Å². The van der Waals surface area contributed by atoms with Crippen molar-refractivity contribution in [3.05, 3.63) is 33.2 Å². The van der Waals surface area contributed by atoms with E-state index in [0.717, 1.165) is 55.7 Å². The number of aromatic nitrogens is 2. The molecule has 0 saturated carbocycles. The van der Waals surface area contributed by atoms with Crippen LogP contribution in [0.15, 0.2) is 16.2 Å². The van der Waals surface area contributed by atoms with E-state index in [0.29, 0.717) is 6.04 Å². The molecule has 3 heterocycles. The third-order valence-corrected chi connectivity index (χ3v) is 5.39. The minimum Gasteiger partial charge on any atom is -0.383 e. The molecule has 0 aromatic carbocycles. The number of fused-ring (bicyclic) bond motifs is 1. The third kappa shape index (κ3) is 3.63. The van der Waals surface area contributed by atoms with Gasteiger partial charge < -0.3 is 4.74 Å². The lowest BCUT2D eigenvalue weighted by molar-refractivity contribution is 0.0552. The van der Waals surface area contributed by atoms with Crippen LogP contribution in [0.5, 0.6) is 0 Å². The van der Waals surface area contributed by atoms with E-state index in [9.17, 15) is 4.79 Å². The fourth-order valence-corrected chi connectivity index (χ4v) is 4.06. The van der Waals surface area contributed by atoms with Crippen molar-refractivity contribution in [3.8, 4) is 0 Å². The Kier molecular flexibility index (Phi) is 5.11. The molecule has 2 aromatic rings. The van der Waals surface area contributed by atoms with Crippen LogP contribution >= 0.6 is 11.3 Å². The highest BCUT2D eigenvalue weighted by Gasteiger charge is 2.23. The lowest BCUT2D eigenvalue weighted by atomic mass is 10.2. The first kappa shape index (κ1) is 16.6. The van der Waals surface area contributed by atoms with Crippen molar-refractivity contribution in [1.29, 1.82) is 0 Å². The Labute approximate surface area is 140 Å². The van der Waals surface area contributed by atoms with Gasteiger partial charge in [0.25, 0.3) is 5.56 Å². The minimum absolute atomic E-state index is 0.0236. The molecule has 0 amide bonds. The molecule has 23 heavy (non-hydrogen) atoms. The summed E-state index contributed by atoms with van der Waals surface area (Å²) < 4.78 is 6.85. The van der Waals surface area contributed by atoms with E-state index >= 15 is 0 Å². The van der Waals surface area contributed by atoms with Crippen molar-refractivity contribution >= 4 is 16.3 Å². The van der Waals surface area contributed by atoms with Gasteiger partial charge in [-0.05, 0) is 13.8 Å². The molecule has 1 aliphatic rings. The molecule has 1 saturated heterocycles. The van der Waals surface area contributed by atoms with Crippen LogP contribution < -0.4 is 5.56 Å². The molecule has 0 N–H and O–H groups in total. The standard InChI is InChI=1S/C16H24N4O2S/c1-12-9-18(4-5-19(12)6-7-22-3)10-14-8-15(21)20-13(2)11-23-16(20)17-14/h8,11-12H,4-7,9-10H2,1-3H3. The van der Waals surface area contributed by atoms with Crippen LogP contribution in [0.4, 0.5) is 0 Å². The highest BCUT2D eigenvalue weighted by molar-refractivity contribution is 7.15. The van der Waals surface area contributed by atoms with E-state index in [1.165, 1.54) is 11.3 Å². The van der Waals surface area contributed by atoms with Gasteiger partial charge in [-0.15, -0.1) is 11.3 Å². The Morgan fingerprint density at radius 3 is 3.00 bits per heavy atom. The fraction of sp³-hybridized carbons (Fsp3) is 0.625. The number of hydrogen-bond donors (Lipinski definition) is 0. The Bertz CT molecular complexity index is 726. The minimum atomic E-state index is 0.0236. The van der Waals surface area contributed by atoms with Crippen molar-refractivity contribution in [1.82, 2.24) is 19.2 Å². The van der Waals surface area contributed by atoms with E-state index in [1.807, 2.05) is 12.3 Å². The molecule has 7 heteroatoms. The number of methoxy groups -OCH3 is 1. The largest absolute Gasteiger partial charge is 0.383 e. The van der Waals surface area contributed by atoms with Crippen molar-refractivity contribution in [2.75, 3.05) is 39.9 Å². The van der Waals surface area contributed by atoms with Crippen molar-refractivity contribution in [3.63, 3.8) is 0 Å². The number of rotatable bonds is 5. The third-order valence-electron chi connectivity index (χ3n) is 4.45. The maximum atomic E-state index is 12.2. The predicted molar refractivity (Wildman–Crippen MR) is 92.3 cm³/mol. The van der Waals surface area contributed by atoms with Gasteiger partial charge in [0.2, 0.25) is 0 Å². The fourth-order valence-electron chi connectivity index (χ4n) is 3.17. The first-order valence-electron chi connectivity index (χ1n) is 8.00. The van der Waals surface area contributed by atoms with Gasteiger partial charge in [-0.2, -0.15) is 0 Å². The molecule has 0 spiro atoms. The summed E-state index contributed by atoms with van der Waals surface area (Å²) in [6.45, 7) is 9.70. The highest BCUT2D eigenvalue weighted by atomic mass is 32.1. The number of ether oxygens (including phenoxy) is 1. The predicted octanol–water partition coefficient (Wildman–Crippen LogP) is 1.22. The second-order valence-corrected chi connectivity index (χ2v) is 7.03. The summed E-state index contributed by atoms with van der Waals surface area (Å²) in [5.41, 5.74) is 1.85. The summed E-state index contributed by atoms with van der Waals surface area (Å²) in [7, 11) is 1.74. The zero-order valence-electron chi connectivity index (χ0n) is 14.0. The van der Waals surface area contributed by atoms with Crippen molar-refractivity contribution in [2.24, 2.45) is 0 Å². The maximum absolute atomic E-state index is 12.2. The molecule has 1 fully saturated rings. The first-order chi connectivity index (χ1) is 11.1. The summed E-state index contributed by atoms with van der Waals surface area (Å²) in [5.74, 6) is 0. The smallest absolute Gasteiger partial charge is 0.259 e. The molecule has 1 atom stereocenters. The molecular formula is C16H24N4O2S. The Morgan fingerprint density at radius 2 is 2.26 bits per heavy atom. The molecular weight excluding hydrogens is 312 g/mol. The van der Waals surface area contributed by atoms with Crippen molar-refractivity contribution < 1.29 is 4.74 Å². The molecule has 126 valence electrons. The van der Waals surface area contributed by atoms with Crippen LogP contribution in [0, 0.1) is 6.92 Å². The van der Waals surface area contributed by atoms with E-state index in [2.05, 4.69) is 21.7 Å². The molecule has 3 rings (SSSR count). The Hall–Kier alpha value is -1.28. The van der Waals surface area contributed by atoms with E-state index in [4.69, 9.17) is 4.74 Å². The molecule has 0 radical (unpaired) electrons. The second kappa shape index (κ2) is 7.09. The lowest BCUT2D eigenvalue weighted by Crippen LogP contribution is -2.52. The number of aryl methyl sites for hydroxylation is 1. The topological polar surface area (TPSA) is 50.1 Å². The normalized spacial score (nSPS) is 20.4. The van der Waals surface area contributed by atoms with Gasteiger partial charge in [0.15, 0.2) is 4.96 Å². The van der Waals surface area contributed by atoms with E-state index in [1.54, 1.807) is 17.6 Å². The highest BCUT2D eigenvalue weighted by Crippen LogP contribution is 2.14. The van der Waals surface area contributed by atoms with Crippen LogP contribution in [0.3, 0.4) is 0 Å².